The van der Waals surface area contributed by atoms with Gasteiger partial charge in [-0.25, -0.2) is 4.79 Å². The fourth-order valence-corrected chi connectivity index (χ4v) is 2.33. The van der Waals surface area contributed by atoms with E-state index in [9.17, 15) is 9.59 Å². The second-order valence-electron chi connectivity index (χ2n) is 5.58. The lowest BCUT2D eigenvalue weighted by Gasteiger charge is -2.11. The lowest BCUT2D eigenvalue weighted by atomic mass is 10.1. The summed E-state index contributed by atoms with van der Waals surface area (Å²) in [6, 6.07) is 14.0. The predicted octanol–water partition coefficient (Wildman–Crippen LogP) is 4.00. The number of hydrogen-bond acceptors (Lipinski definition) is 2. The van der Waals surface area contributed by atoms with Crippen molar-refractivity contribution in [2.45, 2.75) is 12.8 Å². The minimum atomic E-state index is -0.348. The summed E-state index contributed by atoms with van der Waals surface area (Å²) in [5.41, 5.74) is 2.28. The number of halogens is 1. The molecule has 2 aromatic rings. The Morgan fingerprint density at radius 3 is 2.25 bits per heavy atom. The molecule has 0 atom stereocenters. The molecule has 0 fully saturated rings. The Kier molecular flexibility index (Phi) is 6.21. The van der Waals surface area contributed by atoms with Gasteiger partial charge in [0.05, 0.1) is 0 Å². The SMILES string of the molecule is CN(C)C(=O)CCc1cccc(NC(=O)Nc2cccc(Cl)c2)c1. The van der Waals surface area contributed by atoms with Crippen molar-refractivity contribution in [1.82, 2.24) is 4.90 Å². The molecule has 0 aromatic heterocycles. The van der Waals surface area contributed by atoms with Gasteiger partial charge in [-0.05, 0) is 42.3 Å². The zero-order valence-electron chi connectivity index (χ0n) is 13.7. The molecule has 126 valence electrons. The number of nitrogens with zero attached hydrogens (tertiary/aromatic N) is 1. The lowest BCUT2D eigenvalue weighted by Crippen LogP contribution is -2.22. The fourth-order valence-electron chi connectivity index (χ4n) is 2.14. The molecular weight excluding hydrogens is 326 g/mol. The molecule has 0 heterocycles. The van der Waals surface area contributed by atoms with Gasteiger partial charge in [-0.2, -0.15) is 0 Å². The number of urea groups is 1. The summed E-state index contributed by atoms with van der Waals surface area (Å²) >= 11 is 5.89. The highest BCUT2D eigenvalue weighted by Crippen LogP contribution is 2.16. The molecular formula is C18H20ClN3O2. The molecule has 5 nitrogen and oxygen atoms in total. The van der Waals surface area contributed by atoms with Crippen LogP contribution < -0.4 is 10.6 Å². The number of rotatable bonds is 5. The van der Waals surface area contributed by atoms with Crippen LogP contribution in [0.5, 0.6) is 0 Å². The normalized spacial score (nSPS) is 10.1. The van der Waals surface area contributed by atoms with Crippen LogP contribution in [0.25, 0.3) is 0 Å². The summed E-state index contributed by atoms with van der Waals surface area (Å²) in [7, 11) is 3.47. The number of nitrogens with one attached hydrogen (secondary N) is 2. The maximum Gasteiger partial charge on any atom is 0.323 e. The molecule has 0 radical (unpaired) electrons. The Morgan fingerprint density at radius 1 is 1.00 bits per heavy atom. The van der Waals surface area contributed by atoms with Gasteiger partial charge in [0.25, 0.3) is 0 Å². The van der Waals surface area contributed by atoms with Crippen LogP contribution >= 0.6 is 11.6 Å². The average Bonchev–Trinajstić information content (AvgIpc) is 2.52. The Morgan fingerprint density at radius 2 is 1.62 bits per heavy atom. The summed E-state index contributed by atoms with van der Waals surface area (Å²) in [4.78, 5) is 25.2. The monoisotopic (exact) mass is 345 g/mol. The average molecular weight is 346 g/mol. The quantitative estimate of drug-likeness (QED) is 0.860. The molecule has 0 bridgehead atoms. The Labute approximate surface area is 146 Å². The molecule has 0 aliphatic heterocycles. The standard InChI is InChI=1S/C18H20ClN3O2/c1-22(2)17(23)10-9-13-5-3-7-15(11-13)20-18(24)21-16-8-4-6-14(19)12-16/h3-8,11-12H,9-10H2,1-2H3,(H2,20,21,24). The van der Waals surface area contributed by atoms with E-state index in [1.807, 2.05) is 18.2 Å². The molecule has 0 spiro atoms. The minimum absolute atomic E-state index is 0.0760. The van der Waals surface area contributed by atoms with Gasteiger partial charge in [-0.1, -0.05) is 29.8 Å². The van der Waals surface area contributed by atoms with Crippen molar-refractivity contribution in [2.24, 2.45) is 0 Å². The van der Waals surface area contributed by atoms with E-state index in [0.29, 0.717) is 29.2 Å². The van der Waals surface area contributed by atoms with Crippen molar-refractivity contribution in [3.63, 3.8) is 0 Å². The van der Waals surface area contributed by atoms with Crippen LogP contribution in [0.1, 0.15) is 12.0 Å². The largest absolute Gasteiger partial charge is 0.349 e. The van der Waals surface area contributed by atoms with Gasteiger partial charge in [0.15, 0.2) is 0 Å². The predicted molar refractivity (Wildman–Crippen MR) is 97.6 cm³/mol. The van der Waals surface area contributed by atoms with Gasteiger partial charge in [-0.15, -0.1) is 0 Å². The third-order valence-corrected chi connectivity index (χ3v) is 3.63. The van der Waals surface area contributed by atoms with E-state index in [-0.39, 0.29) is 11.9 Å². The van der Waals surface area contributed by atoms with E-state index in [0.717, 1.165) is 5.56 Å². The molecule has 24 heavy (non-hydrogen) atoms. The van der Waals surface area contributed by atoms with Crippen LogP contribution in [0.3, 0.4) is 0 Å². The van der Waals surface area contributed by atoms with Crippen molar-refractivity contribution in [2.75, 3.05) is 24.7 Å². The second kappa shape index (κ2) is 8.36. The fraction of sp³-hybridized carbons (Fsp3) is 0.222. The van der Waals surface area contributed by atoms with Crippen LogP contribution in [0.4, 0.5) is 16.2 Å². The highest BCUT2D eigenvalue weighted by Gasteiger charge is 2.06. The van der Waals surface area contributed by atoms with E-state index in [4.69, 9.17) is 11.6 Å². The van der Waals surface area contributed by atoms with E-state index in [1.165, 1.54) is 0 Å². The first-order valence-corrected chi connectivity index (χ1v) is 7.94. The number of carbonyl (C=O) groups is 2. The summed E-state index contributed by atoms with van der Waals surface area (Å²) in [5.74, 6) is 0.0760. The first-order chi connectivity index (χ1) is 11.4. The highest BCUT2D eigenvalue weighted by molar-refractivity contribution is 6.30. The van der Waals surface area contributed by atoms with Crippen LogP contribution in [0.15, 0.2) is 48.5 Å². The van der Waals surface area contributed by atoms with Crippen LogP contribution in [-0.2, 0) is 11.2 Å². The molecule has 2 rings (SSSR count). The number of amides is 3. The molecule has 0 saturated carbocycles. The van der Waals surface area contributed by atoms with Crippen LogP contribution in [0.2, 0.25) is 5.02 Å². The zero-order chi connectivity index (χ0) is 17.5. The van der Waals surface area contributed by atoms with Crippen LogP contribution in [-0.4, -0.2) is 30.9 Å². The first-order valence-electron chi connectivity index (χ1n) is 7.57. The molecule has 2 aromatic carbocycles. The van der Waals surface area contributed by atoms with Crippen LogP contribution in [0, 0.1) is 0 Å². The number of aryl methyl sites for hydroxylation is 1. The zero-order valence-corrected chi connectivity index (χ0v) is 14.4. The molecule has 3 amide bonds. The first kappa shape index (κ1) is 17.8. The van der Waals surface area contributed by atoms with Gasteiger partial charge in [0.2, 0.25) is 5.91 Å². The van der Waals surface area contributed by atoms with E-state index < -0.39 is 0 Å². The molecule has 6 heteroatoms. The third kappa shape index (κ3) is 5.59. The van der Waals surface area contributed by atoms with Gasteiger partial charge in [-0.3, -0.25) is 4.79 Å². The molecule has 0 unspecified atom stereocenters. The van der Waals surface area contributed by atoms with Gasteiger partial charge < -0.3 is 15.5 Å². The third-order valence-electron chi connectivity index (χ3n) is 3.39. The van der Waals surface area contributed by atoms with Gasteiger partial charge >= 0.3 is 6.03 Å². The second-order valence-corrected chi connectivity index (χ2v) is 6.01. The lowest BCUT2D eigenvalue weighted by molar-refractivity contribution is -0.128. The van der Waals surface area contributed by atoms with Crippen molar-refractivity contribution >= 4 is 34.9 Å². The number of anilines is 2. The van der Waals surface area contributed by atoms with Gasteiger partial charge in [0, 0.05) is 36.9 Å². The molecule has 2 N–H and O–H groups in total. The topological polar surface area (TPSA) is 61.4 Å². The van der Waals surface area contributed by atoms with Crippen molar-refractivity contribution in [3.05, 3.63) is 59.1 Å². The van der Waals surface area contributed by atoms with Crippen molar-refractivity contribution < 1.29 is 9.59 Å². The number of carbonyl (C=O) groups excluding carboxylic acids is 2. The molecule has 0 aliphatic rings. The maximum atomic E-state index is 12.0. The minimum Gasteiger partial charge on any atom is -0.349 e. The highest BCUT2D eigenvalue weighted by atomic mass is 35.5. The maximum absolute atomic E-state index is 12.0. The van der Waals surface area contributed by atoms with E-state index in [1.54, 1.807) is 49.3 Å². The molecule has 0 saturated heterocycles. The van der Waals surface area contributed by atoms with Crippen molar-refractivity contribution in [3.8, 4) is 0 Å². The van der Waals surface area contributed by atoms with E-state index in [2.05, 4.69) is 10.6 Å². The Balaban J connectivity index is 1.93. The number of hydrogen-bond donors (Lipinski definition) is 2. The summed E-state index contributed by atoms with van der Waals surface area (Å²) in [6.45, 7) is 0. The summed E-state index contributed by atoms with van der Waals surface area (Å²) in [6.07, 6.45) is 1.06. The van der Waals surface area contributed by atoms with Gasteiger partial charge in [0.1, 0.15) is 0 Å². The Bertz CT molecular complexity index is 732. The number of benzene rings is 2. The smallest absolute Gasteiger partial charge is 0.323 e. The Hall–Kier alpha value is -2.53. The molecule has 0 aliphatic carbocycles. The van der Waals surface area contributed by atoms with E-state index >= 15 is 0 Å². The van der Waals surface area contributed by atoms with Crippen molar-refractivity contribution in [1.29, 1.82) is 0 Å². The summed E-state index contributed by atoms with van der Waals surface area (Å²) in [5, 5.41) is 6.05. The summed E-state index contributed by atoms with van der Waals surface area (Å²) < 4.78 is 0.